The zero-order valence-corrected chi connectivity index (χ0v) is 18.4. The number of aromatic nitrogens is 1. The number of amidine groups is 1. The van der Waals surface area contributed by atoms with Crippen molar-refractivity contribution in [3.05, 3.63) is 54.0 Å². The molecule has 0 radical (unpaired) electrons. The van der Waals surface area contributed by atoms with Crippen LogP contribution >= 0.6 is 0 Å². The lowest BCUT2D eigenvalue weighted by Crippen LogP contribution is -2.33. The fourth-order valence-corrected chi connectivity index (χ4v) is 4.91. The molecule has 1 saturated heterocycles. The summed E-state index contributed by atoms with van der Waals surface area (Å²) >= 11 is 0. The van der Waals surface area contributed by atoms with E-state index in [2.05, 4.69) is 28.5 Å². The number of likely N-dealkylation sites (tertiary alicyclic amines) is 1. The van der Waals surface area contributed by atoms with E-state index < -0.39 is 12.0 Å². The van der Waals surface area contributed by atoms with Crippen LogP contribution in [-0.2, 0) is 9.59 Å². The van der Waals surface area contributed by atoms with Gasteiger partial charge in [0.05, 0.1) is 12.5 Å². The summed E-state index contributed by atoms with van der Waals surface area (Å²) in [5.41, 5.74) is 2.43. The van der Waals surface area contributed by atoms with Gasteiger partial charge >= 0.3 is 5.97 Å². The molecule has 2 N–H and O–H groups in total. The van der Waals surface area contributed by atoms with Gasteiger partial charge < -0.3 is 19.7 Å². The number of hydrogen-bond acceptors (Lipinski definition) is 6. The minimum atomic E-state index is -0.980. The number of aliphatic imine (C=N–C) groups is 1. The molecule has 1 aromatic carbocycles. The van der Waals surface area contributed by atoms with Crippen molar-refractivity contribution in [1.82, 2.24) is 15.2 Å². The van der Waals surface area contributed by atoms with Crippen LogP contribution in [0.2, 0.25) is 0 Å². The molecule has 0 saturated carbocycles. The molecule has 1 amide bonds. The fraction of sp³-hybridized carbons (Fsp3) is 0.440. The third-order valence-corrected chi connectivity index (χ3v) is 6.61. The first-order valence-corrected chi connectivity index (χ1v) is 11.7. The second-order valence-corrected chi connectivity index (χ2v) is 8.86. The molecule has 4 heterocycles. The highest BCUT2D eigenvalue weighted by Crippen LogP contribution is 2.34. The number of carboxylic acids is 1. The SMILES string of the molecule is O=C(O)CC(c1nc2ccccc2o1)N1CCC(CCCC2C=CC3=CCCNC3=N2)C1=O. The molecule has 0 spiro atoms. The summed E-state index contributed by atoms with van der Waals surface area (Å²) in [4.78, 5) is 35.7. The quantitative estimate of drug-likeness (QED) is 0.639. The predicted octanol–water partition coefficient (Wildman–Crippen LogP) is 3.62. The first-order chi connectivity index (χ1) is 16.1. The van der Waals surface area contributed by atoms with Gasteiger partial charge in [0.25, 0.3) is 0 Å². The van der Waals surface area contributed by atoms with E-state index in [1.165, 1.54) is 5.57 Å². The van der Waals surface area contributed by atoms with Crippen LogP contribution in [0.25, 0.3) is 11.1 Å². The van der Waals surface area contributed by atoms with Crippen molar-refractivity contribution in [3.8, 4) is 0 Å². The number of benzene rings is 1. The molecule has 1 fully saturated rings. The Kier molecular flexibility index (Phi) is 5.98. The lowest BCUT2D eigenvalue weighted by atomic mass is 9.97. The average Bonchev–Trinajstić information content (AvgIpc) is 3.41. The molecule has 172 valence electrons. The zero-order chi connectivity index (χ0) is 22.8. The van der Waals surface area contributed by atoms with Gasteiger partial charge in [0, 0.05) is 24.6 Å². The molecule has 3 aliphatic heterocycles. The molecule has 1 aromatic heterocycles. The number of amides is 1. The Morgan fingerprint density at radius 2 is 2.18 bits per heavy atom. The second kappa shape index (κ2) is 9.21. The first-order valence-electron chi connectivity index (χ1n) is 11.7. The molecule has 0 aliphatic carbocycles. The molecule has 33 heavy (non-hydrogen) atoms. The van der Waals surface area contributed by atoms with Crippen LogP contribution in [0.1, 0.15) is 50.5 Å². The van der Waals surface area contributed by atoms with E-state index in [9.17, 15) is 14.7 Å². The number of dihydropyridines is 1. The Bertz CT molecular complexity index is 1120. The van der Waals surface area contributed by atoms with Gasteiger partial charge in [-0.05, 0) is 37.8 Å². The Morgan fingerprint density at radius 3 is 3.03 bits per heavy atom. The fourth-order valence-electron chi connectivity index (χ4n) is 4.91. The Hall–Kier alpha value is -3.42. The van der Waals surface area contributed by atoms with Crippen LogP contribution in [0.4, 0.5) is 0 Å². The van der Waals surface area contributed by atoms with Crippen molar-refractivity contribution in [1.29, 1.82) is 0 Å². The molecule has 2 aromatic rings. The van der Waals surface area contributed by atoms with Crippen LogP contribution in [0, 0.1) is 5.92 Å². The molecule has 3 unspecified atom stereocenters. The van der Waals surface area contributed by atoms with Crippen molar-refractivity contribution in [3.63, 3.8) is 0 Å². The van der Waals surface area contributed by atoms with Gasteiger partial charge in [0.2, 0.25) is 11.8 Å². The molecule has 5 rings (SSSR count). The van der Waals surface area contributed by atoms with Crippen molar-refractivity contribution in [2.75, 3.05) is 13.1 Å². The maximum atomic E-state index is 13.2. The third-order valence-electron chi connectivity index (χ3n) is 6.61. The molecule has 8 nitrogen and oxygen atoms in total. The summed E-state index contributed by atoms with van der Waals surface area (Å²) < 4.78 is 5.83. The molecule has 3 aliphatic rings. The number of para-hydroxylation sites is 2. The number of carbonyl (C=O) groups excluding carboxylic acids is 1. The van der Waals surface area contributed by atoms with Crippen LogP contribution in [-0.4, -0.2) is 51.8 Å². The Labute approximate surface area is 192 Å². The molecule has 0 bridgehead atoms. The van der Waals surface area contributed by atoms with Crippen LogP contribution in [0.3, 0.4) is 0 Å². The maximum absolute atomic E-state index is 13.2. The summed E-state index contributed by atoms with van der Waals surface area (Å²) in [6, 6.07) is 6.75. The number of carbonyl (C=O) groups is 2. The molecular weight excluding hydrogens is 420 g/mol. The highest BCUT2D eigenvalue weighted by molar-refractivity contribution is 6.02. The number of oxazole rings is 1. The van der Waals surface area contributed by atoms with Gasteiger partial charge in [0.15, 0.2) is 5.58 Å². The number of fused-ring (bicyclic) bond motifs is 2. The highest BCUT2D eigenvalue weighted by Gasteiger charge is 2.39. The normalized spacial score (nSPS) is 23.2. The van der Waals surface area contributed by atoms with E-state index in [1.807, 2.05) is 18.2 Å². The monoisotopic (exact) mass is 448 g/mol. The third kappa shape index (κ3) is 4.55. The number of carboxylic acid groups (broad SMARTS) is 1. The van der Waals surface area contributed by atoms with E-state index in [0.29, 0.717) is 23.5 Å². The smallest absolute Gasteiger partial charge is 0.305 e. The molecule has 8 heteroatoms. The first kappa shape index (κ1) is 21.4. The van der Waals surface area contributed by atoms with Gasteiger partial charge in [-0.1, -0.05) is 36.8 Å². The summed E-state index contributed by atoms with van der Waals surface area (Å²) in [5, 5.41) is 12.8. The molecular formula is C25H28N4O4. The van der Waals surface area contributed by atoms with Gasteiger partial charge in [-0.15, -0.1) is 0 Å². The van der Waals surface area contributed by atoms with Gasteiger partial charge in [0.1, 0.15) is 17.4 Å². The zero-order valence-electron chi connectivity index (χ0n) is 18.4. The van der Waals surface area contributed by atoms with Crippen molar-refractivity contribution >= 4 is 28.8 Å². The summed E-state index contributed by atoms with van der Waals surface area (Å²) in [5.74, 6) is 0.181. The maximum Gasteiger partial charge on any atom is 0.305 e. The van der Waals surface area contributed by atoms with Crippen molar-refractivity contribution in [2.45, 2.75) is 50.6 Å². The van der Waals surface area contributed by atoms with Gasteiger partial charge in [-0.3, -0.25) is 14.6 Å². The standard InChI is InChI=1S/C25H28N4O4/c30-22(31)15-20(24-28-19-8-1-2-9-21(19)33-24)29-14-12-17(25(29)32)5-3-7-18-11-10-16-6-4-13-26-23(16)27-18/h1-2,6,8-11,17-18,20H,3-5,7,12-15H2,(H,26,27)(H,30,31). The summed E-state index contributed by atoms with van der Waals surface area (Å²) in [7, 11) is 0. The van der Waals surface area contributed by atoms with Crippen molar-refractivity contribution < 1.29 is 19.1 Å². The van der Waals surface area contributed by atoms with E-state index in [4.69, 9.17) is 9.41 Å². The summed E-state index contributed by atoms with van der Waals surface area (Å²) in [6.07, 6.45) is 10.6. The number of nitrogens with zero attached hydrogens (tertiary/aromatic N) is 3. The summed E-state index contributed by atoms with van der Waals surface area (Å²) in [6.45, 7) is 1.44. The minimum absolute atomic E-state index is 0.00632. The van der Waals surface area contributed by atoms with Crippen LogP contribution < -0.4 is 5.32 Å². The lowest BCUT2D eigenvalue weighted by molar-refractivity contribution is -0.141. The topological polar surface area (TPSA) is 108 Å². The van der Waals surface area contributed by atoms with Gasteiger partial charge in [-0.2, -0.15) is 0 Å². The number of aliphatic carboxylic acids is 1. The van der Waals surface area contributed by atoms with E-state index in [-0.39, 0.29) is 24.3 Å². The lowest BCUT2D eigenvalue weighted by Gasteiger charge is -2.24. The van der Waals surface area contributed by atoms with E-state index in [0.717, 1.165) is 44.5 Å². The molecule has 3 atom stereocenters. The van der Waals surface area contributed by atoms with Crippen LogP contribution in [0.15, 0.2) is 57.5 Å². The Balaban J connectivity index is 1.22. The van der Waals surface area contributed by atoms with E-state index in [1.54, 1.807) is 11.0 Å². The van der Waals surface area contributed by atoms with E-state index >= 15 is 0 Å². The largest absolute Gasteiger partial charge is 0.481 e. The number of rotatable bonds is 8. The number of nitrogens with one attached hydrogen (secondary N) is 1. The predicted molar refractivity (Wildman–Crippen MR) is 124 cm³/mol. The van der Waals surface area contributed by atoms with Crippen LogP contribution in [0.5, 0.6) is 0 Å². The van der Waals surface area contributed by atoms with Crippen molar-refractivity contribution in [2.24, 2.45) is 10.9 Å². The minimum Gasteiger partial charge on any atom is -0.481 e. The van der Waals surface area contributed by atoms with Gasteiger partial charge in [-0.25, -0.2) is 4.98 Å². The average molecular weight is 449 g/mol. The second-order valence-electron chi connectivity index (χ2n) is 8.86. The number of hydrogen-bond donors (Lipinski definition) is 2. The highest BCUT2D eigenvalue weighted by atomic mass is 16.4. The Morgan fingerprint density at radius 1 is 1.30 bits per heavy atom.